The second kappa shape index (κ2) is 9.36. The molecule has 3 rings (SSSR count). The number of hydrogen-bond acceptors (Lipinski definition) is 3. The van der Waals surface area contributed by atoms with Crippen LogP contribution < -0.4 is 14.8 Å². The Balaban J connectivity index is 1.75. The maximum Gasteiger partial charge on any atom is 0.162 e. The van der Waals surface area contributed by atoms with Gasteiger partial charge in [0.05, 0.1) is 7.11 Å². The number of nitrogens with one attached hydrogen (secondary N) is 1. The van der Waals surface area contributed by atoms with Crippen molar-refractivity contribution < 1.29 is 9.47 Å². The van der Waals surface area contributed by atoms with Crippen molar-refractivity contribution in [1.82, 2.24) is 0 Å². The van der Waals surface area contributed by atoms with Crippen molar-refractivity contribution in [1.29, 1.82) is 0 Å². The van der Waals surface area contributed by atoms with E-state index in [0.29, 0.717) is 28.1 Å². The minimum Gasteiger partial charge on any atom is -0.493 e. The summed E-state index contributed by atoms with van der Waals surface area (Å²) in [4.78, 5) is 0. The Morgan fingerprint density at radius 1 is 0.926 bits per heavy atom. The van der Waals surface area contributed by atoms with Gasteiger partial charge in [-0.3, -0.25) is 0 Å². The SMILES string of the molecule is COc1cc(CNc2ccccc2)c(Br)cc1OCc1c(Cl)cccc1Cl. The van der Waals surface area contributed by atoms with E-state index in [1.165, 1.54) is 0 Å². The van der Waals surface area contributed by atoms with E-state index < -0.39 is 0 Å². The van der Waals surface area contributed by atoms with Crippen LogP contribution in [0, 0.1) is 0 Å². The van der Waals surface area contributed by atoms with Crippen LogP contribution >= 0.6 is 39.1 Å². The fourth-order valence-electron chi connectivity index (χ4n) is 2.56. The summed E-state index contributed by atoms with van der Waals surface area (Å²) in [6.07, 6.45) is 0. The molecule has 3 aromatic carbocycles. The lowest BCUT2D eigenvalue weighted by molar-refractivity contribution is 0.284. The van der Waals surface area contributed by atoms with E-state index in [-0.39, 0.29) is 6.61 Å². The van der Waals surface area contributed by atoms with Gasteiger partial charge in [-0.05, 0) is 42.0 Å². The second-order valence-electron chi connectivity index (χ2n) is 5.80. The lowest BCUT2D eigenvalue weighted by Gasteiger charge is -2.15. The second-order valence-corrected chi connectivity index (χ2v) is 7.47. The van der Waals surface area contributed by atoms with Gasteiger partial charge >= 0.3 is 0 Å². The van der Waals surface area contributed by atoms with Gasteiger partial charge in [0.15, 0.2) is 11.5 Å². The summed E-state index contributed by atoms with van der Waals surface area (Å²) in [6, 6.07) is 19.3. The van der Waals surface area contributed by atoms with Gasteiger partial charge in [-0.25, -0.2) is 0 Å². The van der Waals surface area contributed by atoms with Crippen molar-refractivity contribution in [2.45, 2.75) is 13.2 Å². The molecule has 0 aliphatic rings. The fraction of sp³-hybridized carbons (Fsp3) is 0.143. The van der Waals surface area contributed by atoms with E-state index in [1.807, 2.05) is 42.5 Å². The number of hydrogen-bond donors (Lipinski definition) is 1. The topological polar surface area (TPSA) is 30.5 Å². The molecule has 140 valence electrons. The minimum absolute atomic E-state index is 0.253. The van der Waals surface area contributed by atoms with E-state index in [4.69, 9.17) is 32.7 Å². The number of halogens is 3. The third-order valence-corrected chi connectivity index (χ3v) is 5.47. The molecule has 0 spiro atoms. The van der Waals surface area contributed by atoms with Crippen LogP contribution in [0.15, 0.2) is 65.1 Å². The molecule has 0 aromatic heterocycles. The van der Waals surface area contributed by atoms with Crippen molar-refractivity contribution in [3.8, 4) is 11.5 Å². The first-order valence-electron chi connectivity index (χ1n) is 8.29. The maximum absolute atomic E-state index is 6.21. The van der Waals surface area contributed by atoms with Crippen LogP contribution in [0.25, 0.3) is 0 Å². The summed E-state index contributed by atoms with van der Waals surface area (Å²) >= 11 is 16.0. The first kappa shape index (κ1) is 19.9. The predicted octanol–water partition coefficient (Wildman–Crippen LogP) is 6.96. The number of anilines is 1. The van der Waals surface area contributed by atoms with Crippen LogP contribution in [0.2, 0.25) is 10.0 Å². The number of benzene rings is 3. The monoisotopic (exact) mass is 465 g/mol. The number of ether oxygens (including phenoxy) is 2. The molecule has 0 radical (unpaired) electrons. The minimum atomic E-state index is 0.253. The van der Waals surface area contributed by atoms with Gasteiger partial charge in [-0.1, -0.05) is 63.4 Å². The number of methoxy groups -OCH3 is 1. The highest BCUT2D eigenvalue weighted by Gasteiger charge is 2.13. The predicted molar refractivity (Wildman–Crippen MR) is 115 cm³/mol. The lowest BCUT2D eigenvalue weighted by Crippen LogP contribution is -2.03. The summed E-state index contributed by atoms with van der Waals surface area (Å²) in [5.41, 5.74) is 2.85. The molecule has 1 N–H and O–H groups in total. The van der Waals surface area contributed by atoms with E-state index in [9.17, 15) is 0 Å². The van der Waals surface area contributed by atoms with E-state index in [0.717, 1.165) is 21.3 Å². The van der Waals surface area contributed by atoms with Crippen molar-refractivity contribution in [3.05, 3.63) is 86.3 Å². The molecule has 0 amide bonds. The van der Waals surface area contributed by atoms with E-state index in [2.05, 4.69) is 21.2 Å². The van der Waals surface area contributed by atoms with Crippen molar-refractivity contribution in [2.75, 3.05) is 12.4 Å². The molecule has 0 fully saturated rings. The van der Waals surface area contributed by atoms with Crippen LogP contribution in [-0.2, 0) is 13.2 Å². The molecule has 0 unspecified atom stereocenters. The van der Waals surface area contributed by atoms with Gasteiger partial charge in [-0.15, -0.1) is 0 Å². The average Bonchev–Trinajstić information content (AvgIpc) is 2.67. The normalized spacial score (nSPS) is 10.5. The Bertz CT molecular complexity index is 899. The van der Waals surface area contributed by atoms with Crippen molar-refractivity contribution >= 4 is 44.8 Å². The van der Waals surface area contributed by atoms with Crippen LogP contribution in [0.4, 0.5) is 5.69 Å². The molecule has 0 aliphatic carbocycles. The Hall–Kier alpha value is -1.88. The van der Waals surface area contributed by atoms with E-state index >= 15 is 0 Å². The third kappa shape index (κ3) is 5.10. The summed E-state index contributed by atoms with van der Waals surface area (Å²) < 4.78 is 12.4. The number of rotatable bonds is 7. The highest BCUT2D eigenvalue weighted by Crippen LogP contribution is 2.35. The Morgan fingerprint density at radius 3 is 2.30 bits per heavy atom. The van der Waals surface area contributed by atoms with Crippen molar-refractivity contribution in [3.63, 3.8) is 0 Å². The molecule has 3 nitrogen and oxygen atoms in total. The van der Waals surface area contributed by atoms with Gasteiger partial charge in [0.25, 0.3) is 0 Å². The Labute approximate surface area is 177 Å². The van der Waals surface area contributed by atoms with Gasteiger partial charge in [-0.2, -0.15) is 0 Å². The Morgan fingerprint density at radius 2 is 1.63 bits per heavy atom. The van der Waals surface area contributed by atoms with Crippen LogP contribution in [-0.4, -0.2) is 7.11 Å². The molecule has 6 heteroatoms. The molecule has 0 saturated heterocycles. The van der Waals surface area contributed by atoms with Gasteiger partial charge in [0.1, 0.15) is 6.61 Å². The third-order valence-electron chi connectivity index (χ3n) is 4.02. The van der Waals surface area contributed by atoms with Gasteiger partial charge < -0.3 is 14.8 Å². The first-order valence-corrected chi connectivity index (χ1v) is 9.84. The number of para-hydroxylation sites is 1. The molecule has 0 aliphatic heterocycles. The standard InChI is InChI=1S/C21H18BrCl2NO2/c1-26-20-10-14(12-25-15-6-3-2-4-7-15)17(22)11-21(20)27-13-16-18(23)8-5-9-19(16)24/h2-11,25H,12-13H2,1H3. The summed E-state index contributed by atoms with van der Waals surface area (Å²) in [6.45, 7) is 0.903. The zero-order chi connectivity index (χ0) is 19.2. The molecule has 0 heterocycles. The first-order chi connectivity index (χ1) is 13.1. The molecule has 0 atom stereocenters. The molecular formula is C21H18BrCl2NO2. The van der Waals surface area contributed by atoms with Crippen molar-refractivity contribution in [2.24, 2.45) is 0 Å². The zero-order valence-corrected chi connectivity index (χ0v) is 17.7. The van der Waals surface area contributed by atoms with Gasteiger partial charge in [0.2, 0.25) is 0 Å². The Kier molecular flexibility index (Phi) is 6.89. The van der Waals surface area contributed by atoms with Crippen LogP contribution in [0.3, 0.4) is 0 Å². The molecule has 0 saturated carbocycles. The fourth-order valence-corrected chi connectivity index (χ4v) is 3.53. The maximum atomic E-state index is 6.21. The molecule has 0 bridgehead atoms. The summed E-state index contributed by atoms with van der Waals surface area (Å²) in [7, 11) is 1.62. The molecule has 27 heavy (non-hydrogen) atoms. The smallest absolute Gasteiger partial charge is 0.162 e. The largest absolute Gasteiger partial charge is 0.493 e. The summed E-state index contributed by atoms with van der Waals surface area (Å²) in [5.74, 6) is 1.26. The lowest BCUT2D eigenvalue weighted by atomic mass is 10.2. The zero-order valence-electron chi connectivity index (χ0n) is 14.6. The summed E-state index contributed by atoms with van der Waals surface area (Å²) in [5, 5.41) is 4.53. The van der Waals surface area contributed by atoms with Crippen LogP contribution in [0.1, 0.15) is 11.1 Å². The quantitative estimate of drug-likeness (QED) is 0.408. The molecular weight excluding hydrogens is 449 g/mol. The van der Waals surface area contributed by atoms with Gasteiger partial charge in [0, 0.05) is 32.3 Å². The average molecular weight is 467 g/mol. The molecule has 3 aromatic rings. The van der Waals surface area contributed by atoms with Crippen LogP contribution in [0.5, 0.6) is 11.5 Å². The highest BCUT2D eigenvalue weighted by molar-refractivity contribution is 9.10. The highest BCUT2D eigenvalue weighted by atomic mass is 79.9. The van der Waals surface area contributed by atoms with E-state index in [1.54, 1.807) is 25.3 Å².